The van der Waals surface area contributed by atoms with E-state index in [0.29, 0.717) is 18.3 Å². The Morgan fingerprint density at radius 1 is 1.35 bits per heavy atom. The van der Waals surface area contributed by atoms with Crippen LogP contribution in [0.2, 0.25) is 0 Å². The molecule has 2 heterocycles. The molecule has 1 aliphatic heterocycles. The van der Waals surface area contributed by atoms with Crippen molar-refractivity contribution in [3.63, 3.8) is 0 Å². The van der Waals surface area contributed by atoms with Crippen molar-refractivity contribution >= 4 is 29.9 Å². The average Bonchev–Trinajstić information content (AvgIpc) is 3.32. The number of hydrogen-bond donors (Lipinski definition) is 1. The molecule has 0 aromatic carbocycles. The largest absolute Gasteiger partial charge is 0.477 e. The molecular weight excluding hydrogens is 443 g/mol. The van der Waals surface area contributed by atoms with E-state index in [1.807, 2.05) is 18.3 Å². The zero-order valence-electron chi connectivity index (χ0n) is 15.8. The van der Waals surface area contributed by atoms with Crippen molar-refractivity contribution in [1.29, 1.82) is 0 Å². The first kappa shape index (κ1) is 21.2. The van der Waals surface area contributed by atoms with E-state index in [2.05, 4.69) is 29.2 Å². The quantitative estimate of drug-likeness (QED) is 0.357. The second-order valence-electron chi connectivity index (χ2n) is 7.04. The molecule has 1 saturated heterocycles. The van der Waals surface area contributed by atoms with Gasteiger partial charge in [-0.3, -0.25) is 0 Å². The van der Waals surface area contributed by atoms with Gasteiger partial charge in [0.15, 0.2) is 5.96 Å². The van der Waals surface area contributed by atoms with Gasteiger partial charge in [0.05, 0.1) is 19.8 Å². The van der Waals surface area contributed by atoms with Gasteiger partial charge < -0.3 is 19.7 Å². The van der Waals surface area contributed by atoms with Crippen LogP contribution < -0.4 is 10.1 Å². The molecule has 146 valence electrons. The number of aromatic nitrogens is 1. The van der Waals surface area contributed by atoms with Gasteiger partial charge in [0.1, 0.15) is 0 Å². The molecule has 1 unspecified atom stereocenters. The molecule has 0 radical (unpaired) electrons. The number of ether oxygens (including phenoxy) is 2. The van der Waals surface area contributed by atoms with Crippen LogP contribution in [-0.4, -0.2) is 55.8 Å². The van der Waals surface area contributed by atoms with Crippen molar-refractivity contribution in [3.05, 3.63) is 23.9 Å². The second kappa shape index (κ2) is 10.9. The van der Waals surface area contributed by atoms with Crippen LogP contribution in [0.3, 0.4) is 0 Å². The standard InChI is InChI=1S/C19H30N4O2.HI/c1-3-20-19(23(2)12-17-8-9-24-13-17)22-11-16-6-7-18(21-10-16)25-14-15-4-5-15;/h6-7,10,15,17H,3-5,8-9,11-14H2,1-2H3,(H,20,22);1H. The number of rotatable bonds is 8. The molecule has 26 heavy (non-hydrogen) atoms. The minimum absolute atomic E-state index is 0. The Morgan fingerprint density at radius 3 is 2.81 bits per heavy atom. The van der Waals surface area contributed by atoms with Crippen LogP contribution in [0.25, 0.3) is 0 Å². The minimum atomic E-state index is 0. The Morgan fingerprint density at radius 2 is 2.19 bits per heavy atom. The first-order valence-corrected chi connectivity index (χ1v) is 9.39. The number of nitrogens with zero attached hydrogens (tertiary/aromatic N) is 3. The van der Waals surface area contributed by atoms with Crippen LogP contribution >= 0.6 is 24.0 Å². The Kier molecular flexibility index (Phi) is 8.90. The zero-order chi connectivity index (χ0) is 17.5. The zero-order valence-corrected chi connectivity index (χ0v) is 18.1. The molecule has 0 spiro atoms. The second-order valence-corrected chi connectivity index (χ2v) is 7.04. The summed E-state index contributed by atoms with van der Waals surface area (Å²) < 4.78 is 11.2. The van der Waals surface area contributed by atoms with Gasteiger partial charge in [0.2, 0.25) is 5.88 Å². The predicted molar refractivity (Wildman–Crippen MR) is 114 cm³/mol. The van der Waals surface area contributed by atoms with Crippen LogP contribution in [0.5, 0.6) is 5.88 Å². The third kappa shape index (κ3) is 6.90. The lowest BCUT2D eigenvalue weighted by Crippen LogP contribution is -2.41. The van der Waals surface area contributed by atoms with Crippen LogP contribution in [0.15, 0.2) is 23.3 Å². The van der Waals surface area contributed by atoms with E-state index in [0.717, 1.165) is 56.8 Å². The molecular formula is C19H31IN4O2. The third-order valence-corrected chi connectivity index (χ3v) is 4.63. The lowest BCUT2D eigenvalue weighted by Gasteiger charge is -2.24. The van der Waals surface area contributed by atoms with Crippen LogP contribution in [0.4, 0.5) is 0 Å². The van der Waals surface area contributed by atoms with E-state index in [4.69, 9.17) is 14.5 Å². The van der Waals surface area contributed by atoms with E-state index in [1.165, 1.54) is 12.8 Å². The molecule has 6 nitrogen and oxygen atoms in total. The number of nitrogens with one attached hydrogen (secondary N) is 1. The Hall–Kier alpha value is -1.09. The molecule has 2 fully saturated rings. The molecule has 1 aromatic rings. The number of aliphatic imine (C=N–C) groups is 1. The predicted octanol–water partition coefficient (Wildman–Crippen LogP) is 2.92. The number of hydrogen-bond acceptors (Lipinski definition) is 4. The molecule has 3 rings (SSSR count). The Balaban J connectivity index is 0.00000243. The molecule has 7 heteroatoms. The van der Waals surface area contributed by atoms with Crippen LogP contribution in [0, 0.1) is 11.8 Å². The third-order valence-electron chi connectivity index (χ3n) is 4.63. The molecule has 1 saturated carbocycles. The first-order chi connectivity index (χ1) is 12.2. The number of guanidine groups is 1. The lowest BCUT2D eigenvalue weighted by molar-refractivity contribution is 0.181. The van der Waals surface area contributed by atoms with E-state index in [1.54, 1.807) is 0 Å². The van der Waals surface area contributed by atoms with Gasteiger partial charge in [-0.25, -0.2) is 9.98 Å². The van der Waals surface area contributed by atoms with Crippen molar-refractivity contribution in [2.75, 3.05) is 40.0 Å². The first-order valence-electron chi connectivity index (χ1n) is 9.39. The van der Waals surface area contributed by atoms with Gasteiger partial charge in [-0.1, -0.05) is 6.07 Å². The van der Waals surface area contributed by atoms with E-state index in [-0.39, 0.29) is 24.0 Å². The van der Waals surface area contributed by atoms with Crippen molar-refractivity contribution in [1.82, 2.24) is 15.2 Å². The summed E-state index contributed by atoms with van der Waals surface area (Å²) in [5.41, 5.74) is 1.09. The highest BCUT2D eigenvalue weighted by atomic mass is 127. The summed E-state index contributed by atoms with van der Waals surface area (Å²) in [4.78, 5) is 11.3. The van der Waals surface area contributed by atoms with Gasteiger partial charge in [-0.05, 0) is 37.7 Å². The van der Waals surface area contributed by atoms with E-state index < -0.39 is 0 Å². The number of halogens is 1. The van der Waals surface area contributed by atoms with Crippen molar-refractivity contribution in [3.8, 4) is 5.88 Å². The molecule has 0 bridgehead atoms. The smallest absolute Gasteiger partial charge is 0.213 e. The fourth-order valence-corrected chi connectivity index (χ4v) is 2.91. The molecule has 1 aliphatic carbocycles. The normalized spacial score (nSPS) is 19.8. The van der Waals surface area contributed by atoms with Crippen LogP contribution in [0.1, 0.15) is 31.7 Å². The van der Waals surface area contributed by atoms with E-state index in [9.17, 15) is 0 Å². The summed E-state index contributed by atoms with van der Waals surface area (Å²) in [5.74, 6) is 2.99. The fourth-order valence-electron chi connectivity index (χ4n) is 2.91. The maximum atomic E-state index is 5.68. The summed E-state index contributed by atoms with van der Waals surface area (Å²) in [6.07, 6.45) is 5.58. The van der Waals surface area contributed by atoms with E-state index >= 15 is 0 Å². The SMILES string of the molecule is CCNC(=NCc1ccc(OCC2CC2)nc1)N(C)CC1CCOC1.I. The molecule has 1 atom stereocenters. The van der Waals surface area contributed by atoms with Gasteiger partial charge in [0.25, 0.3) is 0 Å². The highest BCUT2D eigenvalue weighted by molar-refractivity contribution is 14.0. The molecule has 0 amide bonds. The van der Waals surface area contributed by atoms with Crippen molar-refractivity contribution < 1.29 is 9.47 Å². The van der Waals surface area contributed by atoms with Gasteiger partial charge in [-0.15, -0.1) is 24.0 Å². The maximum absolute atomic E-state index is 5.68. The highest BCUT2D eigenvalue weighted by Gasteiger charge is 2.22. The van der Waals surface area contributed by atoms with Gasteiger partial charge in [-0.2, -0.15) is 0 Å². The Bertz CT molecular complexity index is 557. The summed E-state index contributed by atoms with van der Waals surface area (Å²) in [6.45, 7) is 7.07. The van der Waals surface area contributed by atoms with Crippen molar-refractivity contribution in [2.24, 2.45) is 16.8 Å². The molecule has 1 N–H and O–H groups in total. The average molecular weight is 474 g/mol. The lowest BCUT2D eigenvalue weighted by atomic mass is 10.1. The topological polar surface area (TPSA) is 59.0 Å². The Labute approximate surface area is 173 Å². The summed E-state index contributed by atoms with van der Waals surface area (Å²) in [7, 11) is 2.09. The monoisotopic (exact) mass is 474 g/mol. The molecule has 1 aromatic heterocycles. The van der Waals surface area contributed by atoms with Crippen LogP contribution in [-0.2, 0) is 11.3 Å². The summed E-state index contributed by atoms with van der Waals surface area (Å²) >= 11 is 0. The minimum Gasteiger partial charge on any atom is -0.477 e. The van der Waals surface area contributed by atoms with Gasteiger partial charge >= 0.3 is 0 Å². The summed E-state index contributed by atoms with van der Waals surface area (Å²) in [5, 5.41) is 3.37. The number of pyridine rings is 1. The highest BCUT2D eigenvalue weighted by Crippen LogP contribution is 2.29. The maximum Gasteiger partial charge on any atom is 0.213 e. The molecule has 2 aliphatic rings. The fraction of sp³-hybridized carbons (Fsp3) is 0.684. The van der Waals surface area contributed by atoms with Crippen molar-refractivity contribution in [2.45, 2.75) is 32.7 Å². The summed E-state index contributed by atoms with van der Waals surface area (Å²) in [6, 6.07) is 3.99. The van der Waals surface area contributed by atoms with Gasteiger partial charge in [0, 0.05) is 44.9 Å².